The first-order valence-corrected chi connectivity index (χ1v) is 7.82. The number of hydrogen-bond donors (Lipinski definition) is 1. The van der Waals surface area contributed by atoms with E-state index in [1.807, 2.05) is 0 Å². The topological polar surface area (TPSA) is 23.5 Å². The third kappa shape index (κ3) is 3.07. The highest BCUT2D eigenvalue weighted by Crippen LogP contribution is 2.36. The Morgan fingerprint density at radius 3 is 1.95 bits per heavy atom. The zero-order valence-corrected chi connectivity index (χ0v) is 14.2. The van der Waals surface area contributed by atoms with Gasteiger partial charge in [0, 0.05) is 5.54 Å². The zero-order valence-electron chi connectivity index (χ0n) is 14.2. The second kappa shape index (κ2) is 6.73. The molecule has 0 aliphatic carbocycles. The molecule has 0 bridgehead atoms. The smallest absolute Gasteiger partial charge is 0.0973 e. The van der Waals surface area contributed by atoms with Gasteiger partial charge < -0.3 is 5.11 Å². The first-order valence-electron chi connectivity index (χ1n) is 7.82. The van der Waals surface area contributed by atoms with Crippen molar-refractivity contribution in [1.29, 1.82) is 0 Å². The quantitative estimate of drug-likeness (QED) is 0.844. The largest absolute Gasteiger partial charge is 0.386 e. The third-order valence-corrected chi connectivity index (χ3v) is 4.97. The Bertz CT molecular complexity index is 451. The predicted molar refractivity (Wildman–Crippen MR) is 87.2 cm³/mol. The highest BCUT2D eigenvalue weighted by Gasteiger charge is 2.37. The van der Waals surface area contributed by atoms with Gasteiger partial charge in [0.1, 0.15) is 0 Å². The van der Waals surface area contributed by atoms with Gasteiger partial charge in [-0.05, 0) is 69.5 Å². The second-order valence-electron chi connectivity index (χ2n) is 6.08. The van der Waals surface area contributed by atoms with Crippen molar-refractivity contribution in [2.75, 3.05) is 13.1 Å². The van der Waals surface area contributed by atoms with E-state index in [1.165, 1.54) is 16.7 Å². The Hall–Kier alpha value is -0.860. The van der Waals surface area contributed by atoms with Gasteiger partial charge in [0.15, 0.2) is 0 Å². The molecule has 0 heterocycles. The molecule has 2 heteroatoms. The number of aryl methyl sites for hydroxylation is 3. The van der Waals surface area contributed by atoms with Crippen LogP contribution in [0.4, 0.5) is 0 Å². The van der Waals surface area contributed by atoms with E-state index in [0.717, 1.165) is 25.1 Å². The summed E-state index contributed by atoms with van der Waals surface area (Å²) >= 11 is 0. The molecule has 1 aromatic rings. The van der Waals surface area contributed by atoms with Crippen LogP contribution in [0.3, 0.4) is 0 Å². The molecule has 20 heavy (non-hydrogen) atoms. The SMILES string of the molecule is CCN(CC)C(C)(CC)C(O)c1cc(C)c(C)cc1C. The van der Waals surface area contributed by atoms with Crippen molar-refractivity contribution in [2.24, 2.45) is 0 Å². The molecule has 2 atom stereocenters. The minimum absolute atomic E-state index is 0.212. The highest BCUT2D eigenvalue weighted by atomic mass is 16.3. The number of hydrogen-bond acceptors (Lipinski definition) is 2. The van der Waals surface area contributed by atoms with Gasteiger partial charge >= 0.3 is 0 Å². The minimum atomic E-state index is -0.452. The summed E-state index contributed by atoms with van der Waals surface area (Å²) in [6, 6.07) is 4.35. The monoisotopic (exact) mass is 277 g/mol. The Labute approximate surface area is 124 Å². The van der Waals surface area contributed by atoms with Crippen LogP contribution in [0.1, 0.15) is 62.5 Å². The lowest BCUT2D eigenvalue weighted by Crippen LogP contribution is -2.50. The lowest BCUT2D eigenvalue weighted by Gasteiger charge is -2.44. The minimum Gasteiger partial charge on any atom is -0.386 e. The van der Waals surface area contributed by atoms with E-state index in [0.29, 0.717) is 0 Å². The summed E-state index contributed by atoms with van der Waals surface area (Å²) in [6.07, 6.45) is 0.481. The summed E-state index contributed by atoms with van der Waals surface area (Å²) in [5.74, 6) is 0. The number of aliphatic hydroxyl groups is 1. The van der Waals surface area contributed by atoms with Crippen LogP contribution >= 0.6 is 0 Å². The van der Waals surface area contributed by atoms with Gasteiger partial charge in [-0.2, -0.15) is 0 Å². The van der Waals surface area contributed by atoms with Crippen LogP contribution < -0.4 is 0 Å². The van der Waals surface area contributed by atoms with Crippen molar-refractivity contribution >= 4 is 0 Å². The van der Waals surface area contributed by atoms with Gasteiger partial charge in [-0.1, -0.05) is 32.9 Å². The van der Waals surface area contributed by atoms with E-state index in [9.17, 15) is 5.11 Å². The Morgan fingerprint density at radius 1 is 1.00 bits per heavy atom. The van der Waals surface area contributed by atoms with Crippen LogP contribution in [0.15, 0.2) is 12.1 Å². The summed E-state index contributed by atoms with van der Waals surface area (Å²) < 4.78 is 0. The van der Waals surface area contributed by atoms with Crippen LogP contribution in [0.25, 0.3) is 0 Å². The van der Waals surface area contributed by atoms with Crippen molar-refractivity contribution in [3.63, 3.8) is 0 Å². The predicted octanol–water partition coefficient (Wildman–Crippen LogP) is 4.16. The van der Waals surface area contributed by atoms with E-state index in [1.54, 1.807) is 0 Å². The lowest BCUT2D eigenvalue weighted by atomic mass is 9.82. The maximum Gasteiger partial charge on any atom is 0.0973 e. The van der Waals surface area contributed by atoms with E-state index in [4.69, 9.17) is 0 Å². The maximum absolute atomic E-state index is 11.0. The first kappa shape index (κ1) is 17.2. The fourth-order valence-corrected chi connectivity index (χ4v) is 3.15. The van der Waals surface area contributed by atoms with Crippen LogP contribution in [0.2, 0.25) is 0 Å². The van der Waals surface area contributed by atoms with E-state index in [2.05, 4.69) is 65.5 Å². The molecule has 0 fully saturated rings. The molecule has 1 N–H and O–H groups in total. The molecular weight excluding hydrogens is 246 g/mol. The summed E-state index contributed by atoms with van der Waals surface area (Å²) in [5, 5.41) is 11.0. The second-order valence-corrected chi connectivity index (χ2v) is 6.08. The normalized spacial score (nSPS) is 16.2. The van der Waals surface area contributed by atoms with Gasteiger partial charge in [0.2, 0.25) is 0 Å². The molecule has 0 aromatic heterocycles. The number of aliphatic hydroxyl groups excluding tert-OH is 1. The number of rotatable bonds is 6. The summed E-state index contributed by atoms with van der Waals surface area (Å²) in [7, 11) is 0. The molecule has 0 aliphatic rings. The van der Waals surface area contributed by atoms with Gasteiger partial charge in [-0.15, -0.1) is 0 Å². The average molecular weight is 277 g/mol. The zero-order chi connectivity index (χ0) is 15.5. The van der Waals surface area contributed by atoms with Crippen LogP contribution in [-0.2, 0) is 0 Å². The van der Waals surface area contributed by atoms with Gasteiger partial charge in [-0.3, -0.25) is 4.90 Å². The molecule has 0 saturated heterocycles. The van der Waals surface area contributed by atoms with Crippen molar-refractivity contribution in [3.05, 3.63) is 34.4 Å². The van der Waals surface area contributed by atoms with E-state index < -0.39 is 6.10 Å². The Kier molecular flexibility index (Phi) is 5.79. The fraction of sp³-hybridized carbons (Fsp3) is 0.667. The molecular formula is C18H31NO. The number of benzene rings is 1. The van der Waals surface area contributed by atoms with Crippen LogP contribution in [0.5, 0.6) is 0 Å². The van der Waals surface area contributed by atoms with Gasteiger partial charge in [0.05, 0.1) is 6.10 Å². The van der Waals surface area contributed by atoms with Gasteiger partial charge in [0.25, 0.3) is 0 Å². The third-order valence-electron chi connectivity index (χ3n) is 4.97. The Morgan fingerprint density at radius 2 is 1.50 bits per heavy atom. The molecule has 114 valence electrons. The Balaban J connectivity index is 3.27. The molecule has 0 spiro atoms. The van der Waals surface area contributed by atoms with Crippen molar-refractivity contribution in [3.8, 4) is 0 Å². The molecule has 0 aliphatic heterocycles. The fourth-order valence-electron chi connectivity index (χ4n) is 3.15. The van der Waals surface area contributed by atoms with Crippen molar-refractivity contribution in [1.82, 2.24) is 4.90 Å². The van der Waals surface area contributed by atoms with Crippen LogP contribution in [-0.4, -0.2) is 28.6 Å². The molecule has 2 unspecified atom stereocenters. The highest BCUT2D eigenvalue weighted by molar-refractivity contribution is 5.38. The molecule has 2 nitrogen and oxygen atoms in total. The molecule has 0 radical (unpaired) electrons. The summed E-state index contributed by atoms with van der Waals surface area (Å²) in [4.78, 5) is 2.37. The maximum atomic E-state index is 11.0. The molecule has 0 saturated carbocycles. The molecule has 1 rings (SSSR count). The average Bonchev–Trinajstić information content (AvgIpc) is 2.43. The standard InChI is InChI=1S/C18H31NO/c1-8-18(7,19(9-2)10-3)17(20)16-12-14(5)13(4)11-15(16)6/h11-12,17,20H,8-10H2,1-7H3. The lowest BCUT2D eigenvalue weighted by molar-refractivity contribution is -0.0217. The van der Waals surface area contributed by atoms with E-state index in [-0.39, 0.29) is 5.54 Å². The number of likely N-dealkylation sites (N-methyl/N-ethyl adjacent to an activating group) is 1. The van der Waals surface area contributed by atoms with Crippen LogP contribution in [0, 0.1) is 20.8 Å². The molecule has 1 aromatic carbocycles. The van der Waals surface area contributed by atoms with E-state index >= 15 is 0 Å². The van der Waals surface area contributed by atoms with Crippen molar-refractivity contribution in [2.45, 2.75) is 66.5 Å². The number of nitrogens with zero attached hydrogens (tertiary/aromatic N) is 1. The van der Waals surface area contributed by atoms with Gasteiger partial charge in [-0.25, -0.2) is 0 Å². The summed E-state index contributed by atoms with van der Waals surface area (Å²) in [5.41, 5.74) is 4.59. The summed E-state index contributed by atoms with van der Waals surface area (Å²) in [6.45, 7) is 16.9. The first-order chi connectivity index (χ1) is 9.31. The molecule has 0 amide bonds. The van der Waals surface area contributed by atoms with Crippen molar-refractivity contribution < 1.29 is 5.11 Å².